The Bertz CT molecular complexity index is 1180. The number of anilines is 1. The zero-order valence-electron chi connectivity index (χ0n) is 16.2. The van der Waals surface area contributed by atoms with Crippen LogP contribution in [-0.2, 0) is 11.8 Å². The lowest BCUT2D eigenvalue weighted by Gasteiger charge is -2.11. The molecule has 0 unspecified atom stereocenters. The third-order valence-corrected chi connectivity index (χ3v) is 5.92. The number of benzene rings is 3. The molecular formula is C23H19ClN4OS. The Morgan fingerprint density at radius 2 is 1.60 bits per heavy atom. The minimum Gasteiger partial charge on any atom is -0.325 e. The fraction of sp³-hybridized carbons (Fsp3) is 0.0870. The van der Waals surface area contributed by atoms with E-state index in [-0.39, 0.29) is 11.7 Å². The zero-order chi connectivity index (χ0) is 20.9. The first kappa shape index (κ1) is 20.2. The number of aromatic nitrogens is 3. The van der Waals surface area contributed by atoms with E-state index in [4.69, 9.17) is 11.6 Å². The van der Waals surface area contributed by atoms with Crippen LogP contribution in [0.3, 0.4) is 0 Å². The molecule has 4 aromatic rings. The molecule has 1 aromatic heterocycles. The number of nitrogens with one attached hydrogen (secondary N) is 1. The van der Waals surface area contributed by atoms with Crippen LogP contribution in [0, 0.1) is 0 Å². The van der Waals surface area contributed by atoms with Crippen LogP contribution >= 0.6 is 23.4 Å². The highest BCUT2D eigenvalue weighted by Gasteiger charge is 2.15. The summed E-state index contributed by atoms with van der Waals surface area (Å²) in [5, 5.41) is 12.7. The van der Waals surface area contributed by atoms with Crippen molar-refractivity contribution in [1.82, 2.24) is 14.8 Å². The highest BCUT2D eigenvalue weighted by Crippen LogP contribution is 2.29. The molecule has 1 amide bonds. The SMILES string of the molecule is Cn1c(SCC(=O)Nc2ccccc2-c2ccccc2)nnc1-c1ccccc1Cl. The molecule has 150 valence electrons. The summed E-state index contributed by atoms with van der Waals surface area (Å²) in [6.45, 7) is 0. The van der Waals surface area contributed by atoms with Gasteiger partial charge in [-0.3, -0.25) is 4.79 Å². The molecular weight excluding hydrogens is 416 g/mol. The van der Waals surface area contributed by atoms with Gasteiger partial charge >= 0.3 is 0 Å². The van der Waals surface area contributed by atoms with Crippen molar-refractivity contribution in [3.05, 3.63) is 83.9 Å². The fourth-order valence-electron chi connectivity index (χ4n) is 3.10. The lowest BCUT2D eigenvalue weighted by molar-refractivity contribution is -0.113. The average Bonchev–Trinajstić information content (AvgIpc) is 3.14. The second kappa shape index (κ2) is 9.15. The summed E-state index contributed by atoms with van der Waals surface area (Å²) < 4.78 is 1.84. The number of nitrogens with zero attached hydrogens (tertiary/aromatic N) is 3. The van der Waals surface area contributed by atoms with E-state index in [9.17, 15) is 4.79 Å². The fourth-order valence-corrected chi connectivity index (χ4v) is 4.03. The molecule has 7 heteroatoms. The number of hydrogen-bond acceptors (Lipinski definition) is 4. The first-order valence-corrected chi connectivity index (χ1v) is 10.7. The highest BCUT2D eigenvalue weighted by molar-refractivity contribution is 7.99. The molecule has 0 saturated heterocycles. The van der Waals surface area contributed by atoms with E-state index in [1.165, 1.54) is 11.8 Å². The molecule has 1 N–H and O–H groups in total. The second-order valence-corrected chi connectivity index (χ2v) is 7.94. The molecule has 0 radical (unpaired) electrons. The van der Waals surface area contributed by atoms with E-state index in [2.05, 4.69) is 15.5 Å². The molecule has 4 rings (SSSR count). The van der Waals surface area contributed by atoms with Gasteiger partial charge in [-0.2, -0.15) is 0 Å². The predicted octanol–water partition coefficient (Wildman–Crippen LogP) is 5.53. The quantitative estimate of drug-likeness (QED) is 0.405. The van der Waals surface area contributed by atoms with Crippen LogP contribution in [0.5, 0.6) is 0 Å². The lowest BCUT2D eigenvalue weighted by Crippen LogP contribution is -2.15. The standard InChI is InChI=1S/C23H19ClN4OS/c1-28-22(18-12-5-7-13-19(18)24)26-27-23(28)30-15-21(29)25-20-14-8-6-11-17(20)16-9-3-2-4-10-16/h2-14H,15H2,1H3,(H,25,29). The maximum atomic E-state index is 12.6. The van der Waals surface area contributed by atoms with Gasteiger partial charge in [0.05, 0.1) is 10.8 Å². The van der Waals surface area contributed by atoms with Gasteiger partial charge in [-0.1, -0.05) is 84.0 Å². The van der Waals surface area contributed by atoms with Crippen molar-refractivity contribution in [2.45, 2.75) is 5.16 Å². The molecule has 5 nitrogen and oxygen atoms in total. The highest BCUT2D eigenvalue weighted by atomic mass is 35.5. The monoisotopic (exact) mass is 434 g/mol. The molecule has 0 fully saturated rings. The molecule has 0 aliphatic carbocycles. The Hall–Kier alpha value is -3.09. The summed E-state index contributed by atoms with van der Waals surface area (Å²) in [5.41, 5.74) is 3.63. The molecule has 0 aliphatic rings. The maximum absolute atomic E-state index is 12.6. The number of carbonyl (C=O) groups is 1. The molecule has 30 heavy (non-hydrogen) atoms. The Morgan fingerprint density at radius 1 is 0.933 bits per heavy atom. The normalized spacial score (nSPS) is 10.7. The Balaban J connectivity index is 1.45. The number of carbonyl (C=O) groups excluding carboxylic acids is 1. The first-order chi connectivity index (χ1) is 14.6. The third-order valence-electron chi connectivity index (χ3n) is 4.57. The van der Waals surface area contributed by atoms with Crippen molar-refractivity contribution < 1.29 is 4.79 Å². The van der Waals surface area contributed by atoms with Gasteiger partial charge in [0.1, 0.15) is 0 Å². The van der Waals surface area contributed by atoms with Gasteiger partial charge in [0.2, 0.25) is 5.91 Å². The van der Waals surface area contributed by atoms with E-state index >= 15 is 0 Å². The number of thioether (sulfide) groups is 1. The van der Waals surface area contributed by atoms with Crippen molar-refractivity contribution in [2.75, 3.05) is 11.1 Å². The lowest BCUT2D eigenvalue weighted by atomic mass is 10.0. The van der Waals surface area contributed by atoms with Crippen LogP contribution in [0.1, 0.15) is 0 Å². The smallest absolute Gasteiger partial charge is 0.234 e. The van der Waals surface area contributed by atoms with Crippen LogP contribution in [0.25, 0.3) is 22.5 Å². The van der Waals surface area contributed by atoms with E-state index in [1.807, 2.05) is 90.5 Å². The van der Waals surface area contributed by atoms with E-state index in [0.717, 1.165) is 22.4 Å². The van der Waals surface area contributed by atoms with Gasteiger partial charge in [-0.05, 0) is 23.8 Å². The predicted molar refractivity (Wildman–Crippen MR) is 123 cm³/mol. The van der Waals surface area contributed by atoms with Crippen LogP contribution in [0.15, 0.2) is 84.0 Å². The van der Waals surface area contributed by atoms with Crippen molar-refractivity contribution >= 4 is 35.0 Å². The van der Waals surface area contributed by atoms with Crippen molar-refractivity contribution in [3.63, 3.8) is 0 Å². The minimum absolute atomic E-state index is 0.106. The summed E-state index contributed by atoms with van der Waals surface area (Å²) >= 11 is 7.60. The van der Waals surface area contributed by atoms with Gasteiger partial charge in [-0.15, -0.1) is 10.2 Å². The van der Waals surface area contributed by atoms with Crippen LogP contribution < -0.4 is 5.32 Å². The number of rotatable bonds is 6. The largest absolute Gasteiger partial charge is 0.325 e. The molecule has 0 aliphatic heterocycles. The number of hydrogen-bond donors (Lipinski definition) is 1. The van der Waals surface area contributed by atoms with Crippen molar-refractivity contribution in [2.24, 2.45) is 7.05 Å². The summed E-state index contributed by atoms with van der Waals surface area (Å²) in [6, 6.07) is 25.2. The van der Waals surface area contributed by atoms with Crippen LogP contribution in [0.4, 0.5) is 5.69 Å². The van der Waals surface area contributed by atoms with E-state index in [1.54, 1.807) is 0 Å². The number of para-hydroxylation sites is 1. The Kier molecular flexibility index (Phi) is 6.16. The number of amides is 1. The van der Waals surface area contributed by atoms with Gasteiger partial charge in [0, 0.05) is 23.9 Å². The van der Waals surface area contributed by atoms with Crippen LogP contribution in [-0.4, -0.2) is 26.4 Å². The third kappa shape index (κ3) is 4.40. The topological polar surface area (TPSA) is 59.8 Å². The van der Waals surface area contributed by atoms with Crippen LogP contribution in [0.2, 0.25) is 5.02 Å². The first-order valence-electron chi connectivity index (χ1n) is 9.35. The summed E-state index contributed by atoms with van der Waals surface area (Å²) in [7, 11) is 1.86. The molecule has 0 atom stereocenters. The maximum Gasteiger partial charge on any atom is 0.234 e. The molecule has 1 heterocycles. The molecule has 0 spiro atoms. The van der Waals surface area contributed by atoms with Crippen molar-refractivity contribution in [1.29, 1.82) is 0 Å². The van der Waals surface area contributed by atoms with Gasteiger partial charge in [0.15, 0.2) is 11.0 Å². The summed E-state index contributed by atoms with van der Waals surface area (Å²) in [5.74, 6) is 0.779. The minimum atomic E-state index is -0.106. The number of halogens is 1. The Labute approximate surface area is 184 Å². The summed E-state index contributed by atoms with van der Waals surface area (Å²) in [4.78, 5) is 12.6. The molecule has 0 saturated carbocycles. The van der Waals surface area contributed by atoms with Gasteiger partial charge in [0.25, 0.3) is 0 Å². The zero-order valence-corrected chi connectivity index (χ0v) is 17.8. The average molecular weight is 435 g/mol. The van der Waals surface area contributed by atoms with E-state index < -0.39 is 0 Å². The molecule has 3 aromatic carbocycles. The Morgan fingerprint density at radius 3 is 2.37 bits per heavy atom. The van der Waals surface area contributed by atoms with Gasteiger partial charge < -0.3 is 9.88 Å². The van der Waals surface area contributed by atoms with E-state index in [0.29, 0.717) is 16.0 Å². The second-order valence-electron chi connectivity index (χ2n) is 6.59. The summed E-state index contributed by atoms with van der Waals surface area (Å²) in [6.07, 6.45) is 0. The van der Waals surface area contributed by atoms with Gasteiger partial charge in [-0.25, -0.2) is 0 Å². The molecule has 0 bridgehead atoms. The van der Waals surface area contributed by atoms with Crippen molar-refractivity contribution in [3.8, 4) is 22.5 Å².